The van der Waals surface area contributed by atoms with Gasteiger partial charge in [0.15, 0.2) is 6.10 Å². The number of ether oxygens (including phenoxy) is 1. The highest BCUT2D eigenvalue weighted by molar-refractivity contribution is 5.96. The molecular weight excluding hydrogens is 324 g/mol. The van der Waals surface area contributed by atoms with Gasteiger partial charge in [-0.2, -0.15) is 0 Å². The highest BCUT2D eigenvalue weighted by Gasteiger charge is 2.19. The van der Waals surface area contributed by atoms with Crippen molar-refractivity contribution in [3.05, 3.63) is 71.3 Å². The fourth-order valence-electron chi connectivity index (χ4n) is 1.86. The number of rotatable bonds is 5. The molecule has 128 valence electrons. The summed E-state index contributed by atoms with van der Waals surface area (Å²) in [6.07, 6.45) is -0.463. The normalized spacial score (nSPS) is 11.1. The van der Waals surface area contributed by atoms with Crippen LogP contribution in [0.2, 0.25) is 0 Å². The Labute approximate surface area is 144 Å². The first-order valence-electron chi connectivity index (χ1n) is 7.42. The molecule has 0 aromatic heterocycles. The van der Waals surface area contributed by atoms with Crippen LogP contribution in [0.25, 0.3) is 0 Å². The molecule has 25 heavy (non-hydrogen) atoms. The van der Waals surface area contributed by atoms with Gasteiger partial charge in [0.25, 0.3) is 11.8 Å². The average molecular weight is 340 g/mol. The summed E-state index contributed by atoms with van der Waals surface area (Å²) in [5.41, 5.74) is 5.44. The maximum absolute atomic E-state index is 11.9. The lowest BCUT2D eigenvalue weighted by Crippen LogP contribution is -2.46. The Kier molecular flexibility index (Phi) is 6.00. The van der Waals surface area contributed by atoms with E-state index in [-0.39, 0.29) is 5.56 Å². The van der Waals surface area contributed by atoms with Crippen molar-refractivity contribution in [2.45, 2.75) is 13.0 Å². The minimum absolute atomic E-state index is 0.207. The number of hydrogen-bond acceptors (Lipinski definition) is 5. The van der Waals surface area contributed by atoms with Crippen molar-refractivity contribution in [3.8, 4) is 0 Å². The molecule has 0 fully saturated rings. The third kappa shape index (κ3) is 5.00. The van der Waals surface area contributed by atoms with Gasteiger partial charge in [-0.25, -0.2) is 4.79 Å². The molecule has 0 radical (unpaired) electrons. The van der Waals surface area contributed by atoms with Gasteiger partial charge in [0.2, 0.25) is 0 Å². The number of hydrogen-bond donors (Lipinski definition) is 2. The Morgan fingerprint density at radius 2 is 1.56 bits per heavy atom. The summed E-state index contributed by atoms with van der Waals surface area (Å²) in [7, 11) is 0. The second kappa shape index (κ2) is 8.39. The van der Waals surface area contributed by atoms with Crippen LogP contribution in [0.3, 0.4) is 0 Å². The Balaban J connectivity index is 1.85. The van der Waals surface area contributed by atoms with E-state index in [0.717, 1.165) is 0 Å². The van der Waals surface area contributed by atoms with Gasteiger partial charge in [-0.1, -0.05) is 30.3 Å². The Morgan fingerprint density at radius 1 is 0.920 bits per heavy atom. The molecule has 0 aliphatic rings. The molecule has 1 atom stereocenters. The predicted molar refractivity (Wildman–Crippen MR) is 88.8 cm³/mol. The lowest BCUT2D eigenvalue weighted by atomic mass is 10.1. The van der Waals surface area contributed by atoms with Crippen molar-refractivity contribution in [2.24, 2.45) is 0 Å². The fraction of sp³-hybridized carbons (Fsp3) is 0.111. The summed E-state index contributed by atoms with van der Waals surface area (Å²) in [6, 6.07) is 14.1. The molecule has 7 heteroatoms. The summed E-state index contributed by atoms with van der Waals surface area (Å²) in [5, 5.41) is 0. The number of nitrogens with one attached hydrogen (secondary N) is 2. The summed E-state index contributed by atoms with van der Waals surface area (Å²) < 4.78 is 5.02. The van der Waals surface area contributed by atoms with Crippen LogP contribution in [0.5, 0.6) is 0 Å². The van der Waals surface area contributed by atoms with E-state index in [9.17, 15) is 19.2 Å². The van der Waals surface area contributed by atoms with E-state index in [2.05, 4.69) is 10.9 Å². The van der Waals surface area contributed by atoms with Crippen molar-refractivity contribution in [1.29, 1.82) is 0 Å². The average Bonchev–Trinajstić information content (AvgIpc) is 2.66. The summed E-state index contributed by atoms with van der Waals surface area (Å²) >= 11 is 0. The van der Waals surface area contributed by atoms with Crippen LogP contribution in [-0.4, -0.2) is 30.2 Å². The Hall–Kier alpha value is -3.48. The van der Waals surface area contributed by atoms with Crippen LogP contribution in [0, 0.1) is 0 Å². The molecule has 7 nitrogen and oxygen atoms in total. The molecule has 2 aromatic rings. The van der Waals surface area contributed by atoms with E-state index in [1.165, 1.54) is 31.2 Å². The molecule has 2 N–H and O–H groups in total. The lowest BCUT2D eigenvalue weighted by Gasteiger charge is -2.14. The van der Waals surface area contributed by atoms with Crippen molar-refractivity contribution in [2.75, 3.05) is 0 Å². The van der Waals surface area contributed by atoms with Crippen molar-refractivity contribution in [3.63, 3.8) is 0 Å². The van der Waals surface area contributed by atoms with E-state index in [4.69, 9.17) is 4.74 Å². The summed E-state index contributed by atoms with van der Waals surface area (Å²) in [5.74, 6) is -1.88. The molecule has 0 heterocycles. The zero-order valence-corrected chi connectivity index (χ0v) is 13.4. The van der Waals surface area contributed by atoms with E-state index in [0.29, 0.717) is 17.4 Å². The van der Waals surface area contributed by atoms with Crippen LogP contribution in [0.4, 0.5) is 0 Å². The lowest BCUT2D eigenvalue weighted by molar-refractivity contribution is -0.129. The molecule has 2 aromatic carbocycles. The zero-order chi connectivity index (χ0) is 18.2. The van der Waals surface area contributed by atoms with E-state index < -0.39 is 23.9 Å². The van der Waals surface area contributed by atoms with Gasteiger partial charge in [-0.15, -0.1) is 0 Å². The number of esters is 1. The van der Waals surface area contributed by atoms with Crippen molar-refractivity contribution in [1.82, 2.24) is 10.9 Å². The molecule has 0 saturated carbocycles. The summed E-state index contributed by atoms with van der Waals surface area (Å²) in [6.45, 7) is 1.38. The standard InChI is InChI=1S/C18H16N2O5/c1-12(25-18(24)15-9-7-13(11-21)8-10-15)16(22)19-20-17(23)14-5-3-2-4-6-14/h2-12H,1H3,(H,19,22)(H,20,23)/t12-/m0/s1. The van der Waals surface area contributed by atoms with Crippen LogP contribution in [0.15, 0.2) is 54.6 Å². The first kappa shape index (κ1) is 17.9. The predicted octanol–water partition coefficient (Wildman–Crippen LogP) is 1.51. The maximum Gasteiger partial charge on any atom is 0.338 e. The quantitative estimate of drug-likeness (QED) is 0.488. The van der Waals surface area contributed by atoms with Gasteiger partial charge < -0.3 is 4.74 Å². The second-order valence-electron chi connectivity index (χ2n) is 5.10. The topological polar surface area (TPSA) is 102 Å². The number of carbonyl (C=O) groups excluding carboxylic acids is 4. The highest BCUT2D eigenvalue weighted by Crippen LogP contribution is 2.06. The Bertz CT molecular complexity index is 772. The van der Waals surface area contributed by atoms with Gasteiger partial charge in [0, 0.05) is 11.1 Å². The SMILES string of the molecule is C[C@H](OC(=O)c1ccc(C=O)cc1)C(=O)NNC(=O)c1ccccc1. The summed E-state index contributed by atoms with van der Waals surface area (Å²) in [4.78, 5) is 46.2. The molecule has 0 aliphatic carbocycles. The third-order valence-electron chi connectivity index (χ3n) is 3.27. The number of carbonyl (C=O) groups is 4. The largest absolute Gasteiger partial charge is 0.449 e. The molecule has 0 unspecified atom stereocenters. The molecule has 0 bridgehead atoms. The van der Waals surface area contributed by atoms with Crippen LogP contribution in [0.1, 0.15) is 38.0 Å². The van der Waals surface area contributed by atoms with Crippen molar-refractivity contribution < 1.29 is 23.9 Å². The fourth-order valence-corrected chi connectivity index (χ4v) is 1.86. The third-order valence-corrected chi connectivity index (χ3v) is 3.27. The zero-order valence-electron chi connectivity index (χ0n) is 13.4. The molecular formula is C18H16N2O5. The molecule has 0 spiro atoms. The monoisotopic (exact) mass is 340 g/mol. The van der Waals surface area contributed by atoms with Crippen LogP contribution < -0.4 is 10.9 Å². The van der Waals surface area contributed by atoms with E-state index >= 15 is 0 Å². The molecule has 2 amide bonds. The molecule has 0 saturated heterocycles. The van der Waals surface area contributed by atoms with Gasteiger partial charge in [0.1, 0.15) is 6.29 Å². The van der Waals surface area contributed by atoms with E-state index in [1.807, 2.05) is 0 Å². The number of benzene rings is 2. The van der Waals surface area contributed by atoms with Gasteiger partial charge in [0.05, 0.1) is 5.56 Å². The van der Waals surface area contributed by atoms with Gasteiger partial charge in [-0.05, 0) is 31.2 Å². The first-order valence-corrected chi connectivity index (χ1v) is 7.42. The molecule has 0 aliphatic heterocycles. The number of aldehydes is 1. The van der Waals surface area contributed by atoms with Crippen LogP contribution >= 0.6 is 0 Å². The minimum Gasteiger partial charge on any atom is -0.449 e. The first-order chi connectivity index (χ1) is 12.0. The maximum atomic E-state index is 11.9. The molecule has 2 rings (SSSR count). The van der Waals surface area contributed by atoms with E-state index in [1.54, 1.807) is 30.3 Å². The Morgan fingerprint density at radius 3 is 2.16 bits per heavy atom. The van der Waals surface area contributed by atoms with Crippen molar-refractivity contribution >= 4 is 24.1 Å². The number of amides is 2. The van der Waals surface area contributed by atoms with Gasteiger partial charge >= 0.3 is 5.97 Å². The minimum atomic E-state index is -1.12. The number of hydrazine groups is 1. The van der Waals surface area contributed by atoms with Crippen LogP contribution in [-0.2, 0) is 9.53 Å². The highest BCUT2D eigenvalue weighted by atomic mass is 16.5. The second-order valence-corrected chi connectivity index (χ2v) is 5.10. The van der Waals surface area contributed by atoms with Gasteiger partial charge in [-0.3, -0.25) is 25.2 Å². The smallest absolute Gasteiger partial charge is 0.338 e.